The Balaban J connectivity index is 1.58. The number of carboxylic acid groups (broad SMARTS) is 2. The Hall–Kier alpha value is -3.68. The van der Waals surface area contributed by atoms with Gasteiger partial charge in [-0.2, -0.15) is 0 Å². The third-order valence-electron chi connectivity index (χ3n) is 8.50. The van der Waals surface area contributed by atoms with Crippen LogP contribution in [0, 0.1) is 23.7 Å². The SMILES string of the molecule is O=C(O)C1CCCCC1C(=O)N(CCN(Cc1ccccc1)C(=O)C1CCCCC1C(=O)O)Cc1ccccc1. The first-order valence-corrected chi connectivity index (χ1v) is 14.5. The van der Waals surface area contributed by atoms with Crippen LogP contribution < -0.4 is 0 Å². The Bertz CT molecular complexity index is 1060. The van der Waals surface area contributed by atoms with E-state index >= 15 is 0 Å². The molecule has 0 radical (unpaired) electrons. The molecule has 214 valence electrons. The molecule has 4 rings (SSSR count). The van der Waals surface area contributed by atoms with E-state index in [-0.39, 0.29) is 24.9 Å². The molecule has 2 aliphatic carbocycles. The summed E-state index contributed by atoms with van der Waals surface area (Å²) in [6, 6.07) is 19.1. The Morgan fingerprint density at radius 2 is 0.875 bits per heavy atom. The van der Waals surface area contributed by atoms with Crippen LogP contribution in [0.25, 0.3) is 0 Å². The summed E-state index contributed by atoms with van der Waals surface area (Å²) in [6.07, 6.45) is 5.28. The zero-order valence-corrected chi connectivity index (χ0v) is 23.0. The fraction of sp³-hybridized carbons (Fsp3) is 0.500. The Morgan fingerprint density at radius 1 is 0.550 bits per heavy atom. The Kier molecular flexibility index (Phi) is 10.3. The molecule has 40 heavy (non-hydrogen) atoms. The summed E-state index contributed by atoms with van der Waals surface area (Å²) in [5, 5.41) is 19.7. The second kappa shape index (κ2) is 14.1. The molecular weight excluding hydrogens is 508 g/mol. The van der Waals surface area contributed by atoms with Crippen LogP contribution in [0.2, 0.25) is 0 Å². The first kappa shape index (κ1) is 29.3. The summed E-state index contributed by atoms with van der Waals surface area (Å²) in [5.41, 5.74) is 1.86. The molecule has 2 aromatic carbocycles. The van der Waals surface area contributed by atoms with Gasteiger partial charge in [0.2, 0.25) is 11.8 Å². The van der Waals surface area contributed by atoms with Crippen LogP contribution in [0.15, 0.2) is 60.7 Å². The van der Waals surface area contributed by atoms with E-state index in [0.717, 1.165) is 36.8 Å². The van der Waals surface area contributed by atoms with E-state index in [9.17, 15) is 29.4 Å². The molecule has 2 aromatic rings. The van der Waals surface area contributed by atoms with Crippen LogP contribution in [-0.2, 0) is 32.3 Å². The minimum atomic E-state index is -0.935. The second-order valence-corrected chi connectivity index (χ2v) is 11.2. The molecule has 8 heteroatoms. The molecule has 4 unspecified atom stereocenters. The van der Waals surface area contributed by atoms with Gasteiger partial charge in [-0.05, 0) is 36.8 Å². The van der Waals surface area contributed by atoms with Crippen molar-refractivity contribution < 1.29 is 29.4 Å². The number of benzene rings is 2. The summed E-state index contributed by atoms with van der Waals surface area (Å²) < 4.78 is 0. The van der Waals surface area contributed by atoms with Gasteiger partial charge >= 0.3 is 11.9 Å². The molecular formula is C32H40N2O6. The lowest BCUT2D eigenvalue weighted by Crippen LogP contribution is -2.48. The van der Waals surface area contributed by atoms with Crippen molar-refractivity contribution in [2.75, 3.05) is 13.1 Å². The smallest absolute Gasteiger partial charge is 0.307 e. The first-order chi connectivity index (χ1) is 19.3. The normalized spacial score (nSPS) is 22.7. The maximum Gasteiger partial charge on any atom is 0.307 e. The molecule has 2 aliphatic rings. The average Bonchev–Trinajstić information content (AvgIpc) is 2.98. The second-order valence-electron chi connectivity index (χ2n) is 11.2. The van der Waals surface area contributed by atoms with Crippen LogP contribution in [0.1, 0.15) is 62.5 Å². The van der Waals surface area contributed by atoms with E-state index in [0.29, 0.717) is 38.8 Å². The van der Waals surface area contributed by atoms with E-state index in [2.05, 4.69) is 0 Å². The summed E-state index contributed by atoms with van der Waals surface area (Å²) in [7, 11) is 0. The number of aliphatic carboxylic acids is 2. The third-order valence-corrected chi connectivity index (χ3v) is 8.50. The highest BCUT2D eigenvalue weighted by molar-refractivity contribution is 5.86. The fourth-order valence-electron chi connectivity index (χ4n) is 6.30. The molecule has 0 aliphatic heterocycles. The lowest BCUT2D eigenvalue weighted by Gasteiger charge is -2.36. The lowest BCUT2D eigenvalue weighted by molar-refractivity contribution is -0.154. The molecule has 2 fully saturated rings. The van der Waals surface area contributed by atoms with Gasteiger partial charge in [0.05, 0.1) is 23.7 Å². The third kappa shape index (κ3) is 7.49. The fourth-order valence-corrected chi connectivity index (χ4v) is 6.30. The number of carboxylic acids is 2. The van der Waals surface area contributed by atoms with Crippen LogP contribution >= 0.6 is 0 Å². The van der Waals surface area contributed by atoms with Crippen molar-refractivity contribution in [2.24, 2.45) is 23.7 Å². The molecule has 2 N–H and O–H groups in total. The predicted molar refractivity (Wildman–Crippen MR) is 150 cm³/mol. The van der Waals surface area contributed by atoms with Gasteiger partial charge < -0.3 is 20.0 Å². The largest absolute Gasteiger partial charge is 0.481 e. The average molecular weight is 549 g/mol. The molecule has 2 saturated carbocycles. The summed E-state index contributed by atoms with van der Waals surface area (Å²) in [5.74, 6) is -4.86. The van der Waals surface area contributed by atoms with Gasteiger partial charge in [-0.15, -0.1) is 0 Å². The molecule has 4 atom stereocenters. The van der Waals surface area contributed by atoms with Crippen molar-refractivity contribution in [1.82, 2.24) is 9.80 Å². The van der Waals surface area contributed by atoms with Crippen molar-refractivity contribution in [3.63, 3.8) is 0 Å². The van der Waals surface area contributed by atoms with Gasteiger partial charge in [-0.1, -0.05) is 86.3 Å². The van der Waals surface area contributed by atoms with Gasteiger partial charge in [-0.25, -0.2) is 0 Å². The lowest BCUT2D eigenvalue weighted by atomic mass is 9.78. The van der Waals surface area contributed by atoms with E-state index in [1.807, 2.05) is 60.7 Å². The standard InChI is InChI=1S/C32H40N2O6/c35-29(25-15-7-9-17-27(25)31(37)38)33(21-23-11-3-1-4-12-23)19-20-34(22-24-13-5-2-6-14-24)30(36)26-16-8-10-18-28(26)32(39)40/h1-6,11-14,25-28H,7-10,15-22H2,(H,37,38)(H,39,40). The Labute approximate surface area is 236 Å². The highest BCUT2D eigenvalue weighted by Crippen LogP contribution is 2.34. The van der Waals surface area contributed by atoms with E-state index in [1.54, 1.807) is 9.80 Å². The van der Waals surface area contributed by atoms with Crippen molar-refractivity contribution >= 4 is 23.8 Å². The van der Waals surface area contributed by atoms with E-state index < -0.39 is 35.6 Å². The number of rotatable bonds is 11. The monoisotopic (exact) mass is 548 g/mol. The minimum absolute atomic E-state index is 0.191. The number of nitrogens with zero attached hydrogens (tertiary/aromatic N) is 2. The highest BCUT2D eigenvalue weighted by Gasteiger charge is 2.40. The van der Waals surface area contributed by atoms with Crippen LogP contribution in [0.5, 0.6) is 0 Å². The van der Waals surface area contributed by atoms with Gasteiger partial charge in [-0.3, -0.25) is 19.2 Å². The first-order valence-electron chi connectivity index (χ1n) is 14.5. The van der Waals surface area contributed by atoms with Gasteiger partial charge in [0.25, 0.3) is 0 Å². The number of amides is 2. The molecule has 0 spiro atoms. The molecule has 2 amide bonds. The molecule has 0 aromatic heterocycles. The summed E-state index contributed by atoms with van der Waals surface area (Å²) in [6.45, 7) is 1.10. The van der Waals surface area contributed by atoms with Gasteiger partial charge in [0.15, 0.2) is 0 Å². The van der Waals surface area contributed by atoms with Gasteiger partial charge in [0.1, 0.15) is 0 Å². The molecule has 0 saturated heterocycles. The van der Waals surface area contributed by atoms with Crippen LogP contribution in [-0.4, -0.2) is 56.9 Å². The van der Waals surface area contributed by atoms with Crippen LogP contribution in [0.3, 0.4) is 0 Å². The number of hydrogen-bond acceptors (Lipinski definition) is 4. The maximum absolute atomic E-state index is 13.9. The maximum atomic E-state index is 13.9. The zero-order valence-electron chi connectivity index (χ0n) is 23.0. The topological polar surface area (TPSA) is 115 Å². The Morgan fingerprint density at radius 3 is 1.20 bits per heavy atom. The summed E-state index contributed by atoms with van der Waals surface area (Å²) >= 11 is 0. The number of carbonyl (C=O) groups is 4. The minimum Gasteiger partial charge on any atom is -0.481 e. The molecule has 0 bridgehead atoms. The number of carbonyl (C=O) groups excluding carboxylic acids is 2. The molecule has 0 heterocycles. The highest BCUT2D eigenvalue weighted by atomic mass is 16.4. The predicted octanol–water partition coefficient (Wildman–Crippen LogP) is 4.83. The molecule has 8 nitrogen and oxygen atoms in total. The van der Waals surface area contributed by atoms with Crippen LogP contribution in [0.4, 0.5) is 0 Å². The number of hydrogen-bond donors (Lipinski definition) is 2. The zero-order chi connectivity index (χ0) is 28.5. The van der Waals surface area contributed by atoms with E-state index in [4.69, 9.17) is 0 Å². The summed E-state index contributed by atoms with van der Waals surface area (Å²) in [4.78, 5) is 55.2. The van der Waals surface area contributed by atoms with Crippen molar-refractivity contribution in [3.05, 3.63) is 71.8 Å². The van der Waals surface area contributed by atoms with Crippen molar-refractivity contribution in [3.8, 4) is 0 Å². The van der Waals surface area contributed by atoms with Crippen molar-refractivity contribution in [1.29, 1.82) is 0 Å². The van der Waals surface area contributed by atoms with Crippen molar-refractivity contribution in [2.45, 2.75) is 64.5 Å². The van der Waals surface area contributed by atoms with Gasteiger partial charge in [0, 0.05) is 26.2 Å². The quantitative estimate of drug-likeness (QED) is 0.416. The van der Waals surface area contributed by atoms with E-state index in [1.165, 1.54) is 0 Å².